The number of nitrogens with zero attached hydrogens (tertiary/aromatic N) is 1. The third-order valence-electron chi connectivity index (χ3n) is 3.08. The summed E-state index contributed by atoms with van der Waals surface area (Å²) in [5.74, 6) is 7.40. The Morgan fingerprint density at radius 2 is 1.57 bits per heavy atom. The summed E-state index contributed by atoms with van der Waals surface area (Å²) in [4.78, 5) is 2.53. The van der Waals surface area contributed by atoms with E-state index in [0.717, 1.165) is 25.2 Å². The lowest BCUT2D eigenvalue weighted by molar-refractivity contribution is 0.211. The number of aliphatic hydroxyl groups excluding tert-OH is 1. The van der Waals surface area contributed by atoms with E-state index in [2.05, 4.69) is 68.7 Å². The summed E-state index contributed by atoms with van der Waals surface area (Å²) < 4.78 is 0. The molecular weight excluding hydrogens is 258 g/mol. The molecule has 0 fully saturated rings. The number of hydrogen-bond acceptors (Lipinski definition) is 2. The minimum absolute atomic E-state index is 0.129. The molecule has 0 aliphatic carbocycles. The van der Waals surface area contributed by atoms with Crippen molar-refractivity contribution < 1.29 is 5.11 Å². The lowest BCUT2D eigenvalue weighted by Crippen LogP contribution is -2.30. The van der Waals surface area contributed by atoms with Crippen molar-refractivity contribution >= 4 is 0 Å². The van der Waals surface area contributed by atoms with Crippen LogP contribution in [0.15, 0.2) is 24.3 Å². The molecule has 0 radical (unpaired) electrons. The minimum Gasteiger partial charge on any atom is -0.395 e. The smallest absolute Gasteiger partial charge is 0.0540 e. The summed E-state index contributed by atoms with van der Waals surface area (Å²) in [6.45, 7) is 12.5. The summed E-state index contributed by atoms with van der Waals surface area (Å²) in [6.07, 6.45) is 0.540. The fourth-order valence-electron chi connectivity index (χ4n) is 2.41. The second-order valence-electron chi connectivity index (χ2n) is 6.45. The van der Waals surface area contributed by atoms with Gasteiger partial charge < -0.3 is 5.11 Å². The molecule has 0 heterocycles. The number of rotatable bonds is 7. The summed E-state index contributed by atoms with van der Waals surface area (Å²) in [6, 6.07) is 8.47. The van der Waals surface area contributed by atoms with Crippen LogP contribution in [-0.2, 0) is 6.54 Å². The highest BCUT2D eigenvalue weighted by atomic mass is 16.2. The summed E-state index contributed by atoms with van der Waals surface area (Å²) in [5, 5.41) is 8.72. The van der Waals surface area contributed by atoms with Crippen LogP contribution >= 0.6 is 0 Å². The highest BCUT2D eigenvalue weighted by Gasteiger charge is 2.10. The molecule has 0 bridgehead atoms. The van der Waals surface area contributed by atoms with Gasteiger partial charge in [-0.05, 0) is 29.5 Å². The lowest BCUT2D eigenvalue weighted by Gasteiger charge is -2.26. The van der Waals surface area contributed by atoms with Crippen LogP contribution in [0.5, 0.6) is 0 Å². The molecule has 116 valence electrons. The molecule has 0 aromatic heterocycles. The molecule has 0 atom stereocenters. The van der Waals surface area contributed by atoms with Crippen molar-refractivity contribution in [1.82, 2.24) is 4.90 Å². The Morgan fingerprint density at radius 1 is 1.00 bits per heavy atom. The zero-order valence-corrected chi connectivity index (χ0v) is 13.9. The van der Waals surface area contributed by atoms with Crippen molar-refractivity contribution in [3.8, 4) is 11.8 Å². The Labute approximate surface area is 130 Å². The van der Waals surface area contributed by atoms with Gasteiger partial charge in [0.15, 0.2) is 0 Å². The third-order valence-corrected chi connectivity index (χ3v) is 3.08. The molecule has 2 heteroatoms. The van der Waals surface area contributed by atoms with E-state index in [1.54, 1.807) is 0 Å². The summed E-state index contributed by atoms with van der Waals surface area (Å²) >= 11 is 0. The maximum absolute atomic E-state index is 8.72. The Kier molecular flexibility index (Phi) is 8.12. The van der Waals surface area contributed by atoms with E-state index in [1.165, 1.54) is 5.56 Å². The Balaban J connectivity index is 2.65. The van der Waals surface area contributed by atoms with Gasteiger partial charge in [0.1, 0.15) is 0 Å². The van der Waals surface area contributed by atoms with Crippen LogP contribution in [0.3, 0.4) is 0 Å². The van der Waals surface area contributed by atoms with Crippen LogP contribution in [0.4, 0.5) is 0 Å². The highest BCUT2D eigenvalue weighted by Crippen LogP contribution is 2.11. The lowest BCUT2D eigenvalue weighted by atomic mass is 10.1. The SMILES string of the molecule is CC(C)CN(Cc1ccc(C#CCCO)cc1)CC(C)C. The van der Waals surface area contributed by atoms with Gasteiger partial charge in [0.2, 0.25) is 0 Å². The van der Waals surface area contributed by atoms with Gasteiger partial charge in [-0.2, -0.15) is 0 Å². The predicted octanol–water partition coefficient (Wildman–Crippen LogP) is 3.53. The molecule has 0 saturated heterocycles. The van der Waals surface area contributed by atoms with Gasteiger partial charge in [0, 0.05) is 31.6 Å². The zero-order chi connectivity index (χ0) is 15.7. The van der Waals surface area contributed by atoms with Crippen LogP contribution in [0.1, 0.15) is 45.2 Å². The van der Waals surface area contributed by atoms with Gasteiger partial charge in [-0.25, -0.2) is 0 Å². The normalized spacial score (nSPS) is 11.0. The van der Waals surface area contributed by atoms with Crippen LogP contribution < -0.4 is 0 Å². The molecule has 0 aliphatic rings. The number of hydrogen-bond donors (Lipinski definition) is 1. The van der Waals surface area contributed by atoms with Crippen LogP contribution in [-0.4, -0.2) is 29.7 Å². The van der Waals surface area contributed by atoms with E-state index >= 15 is 0 Å². The molecule has 0 unspecified atom stereocenters. The molecule has 0 spiro atoms. The molecule has 0 saturated carbocycles. The predicted molar refractivity (Wildman–Crippen MR) is 90.0 cm³/mol. The van der Waals surface area contributed by atoms with E-state index in [9.17, 15) is 0 Å². The van der Waals surface area contributed by atoms with Gasteiger partial charge in [0.05, 0.1) is 6.61 Å². The fraction of sp³-hybridized carbons (Fsp3) is 0.579. The molecule has 2 nitrogen and oxygen atoms in total. The van der Waals surface area contributed by atoms with Gasteiger partial charge in [-0.15, -0.1) is 0 Å². The Morgan fingerprint density at radius 3 is 2.05 bits per heavy atom. The zero-order valence-electron chi connectivity index (χ0n) is 13.9. The van der Waals surface area contributed by atoms with Gasteiger partial charge >= 0.3 is 0 Å². The molecule has 1 N–H and O–H groups in total. The molecule has 0 aliphatic heterocycles. The quantitative estimate of drug-likeness (QED) is 0.775. The summed E-state index contributed by atoms with van der Waals surface area (Å²) in [5.41, 5.74) is 2.36. The van der Waals surface area contributed by atoms with Crippen molar-refractivity contribution in [3.63, 3.8) is 0 Å². The Bertz CT molecular complexity index is 441. The second-order valence-corrected chi connectivity index (χ2v) is 6.45. The standard InChI is InChI=1S/C19H29NO/c1-16(2)13-20(14-17(3)4)15-19-10-8-18(9-11-19)7-5-6-12-21/h8-11,16-17,21H,6,12-15H2,1-4H3. The largest absolute Gasteiger partial charge is 0.395 e. The second kappa shape index (κ2) is 9.60. The first-order valence-electron chi connectivity index (χ1n) is 7.92. The molecule has 1 aromatic carbocycles. The van der Waals surface area contributed by atoms with E-state index in [1.807, 2.05) is 0 Å². The maximum atomic E-state index is 8.72. The molecule has 21 heavy (non-hydrogen) atoms. The van der Waals surface area contributed by atoms with E-state index in [-0.39, 0.29) is 6.61 Å². The fourth-order valence-corrected chi connectivity index (χ4v) is 2.41. The monoisotopic (exact) mass is 287 g/mol. The molecular formula is C19H29NO. The molecule has 1 rings (SSSR count). The molecule has 0 amide bonds. The van der Waals surface area contributed by atoms with Crippen molar-refractivity contribution in [1.29, 1.82) is 0 Å². The van der Waals surface area contributed by atoms with Crippen molar-refractivity contribution in [2.75, 3.05) is 19.7 Å². The van der Waals surface area contributed by atoms with E-state index in [4.69, 9.17) is 5.11 Å². The third kappa shape index (κ3) is 7.90. The Hall–Kier alpha value is -1.30. The van der Waals surface area contributed by atoms with Crippen LogP contribution in [0.25, 0.3) is 0 Å². The average molecular weight is 287 g/mol. The number of aliphatic hydroxyl groups is 1. The van der Waals surface area contributed by atoms with Crippen molar-refractivity contribution in [3.05, 3.63) is 35.4 Å². The van der Waals surface area contributed by atoms with E-state index in [0.29, 0.717) is 18.3 Å². The first-order valence-corrected chi connectivity index (χ1v) is 7.92. The van der Waals surface area contributed by atoms with Crippen molar-refractivity contribution in [2.24, 2.45) is 11.8 Å². The highest BCUT2D eigenvalue weighted by molar-refractivity contribution is 5.36. The summed E-state index contributed by atoms with van der Waals surface area (Å²) in [7, 11) is 0. The average Bonchev–Trinajstić information content (AvgIpc) is 2.39. The van der Waals surface area contributed by atoms with Crippen molar-refractivity contribution in [2.45, 2.75) is 40.7 Å². The van der Waals surface area contributed by atoms with Crippen LogP contribution in [0.2, 0.25) is 0 Å². The maximum Gasteiger partial charge on any atom is 0.0540 e. The van der Waals surface area contributed by atoms with Gasteiger partial charge in [0.25, 0.3) is 0 Å². The van der Waals surface area contributed by atoms with E-state index < -0.39 is 0 Å². The minimum atomic E-state index is 0.129. The van der Waals surface area contributed by atoms with Gasteiger partial charge in [-0.3, -0.25) is 4.90 Å². The van der Waals surface area contributed by atoms with Crippen LogP contribution in [0, 0.1) is 23.7 Å². The number of benzene rings is 1. The molecule has 1 aromatic rings. The first kappa shape index (κ1) is 17.8. The first-order chi connectivity index (χ1) is 10.0. The topological polar surface area (TPSA) is 23.5 Å². The van der Waals surface area contributed by atoms with Gasteiger partial charge in [-0.1, -0.05) is 51.7 Å².